The van der Waals surface area contributed by atoms with E-state index in [4.69, 9.17) is 10.5 Å². The van der Waals surface area contributed by atoms with Crippen LogP contribution in [0.3, 0.4) is 0 Å². The van der Waals surface area contributed by atoms with Gasteiger partial charge in [-0.2, -0.15) is 0 Å². The van der Waals surface area contributed by atoms with Crippen LogP contribution in [-0.2, 0) is 6.54 Å². The lowest BCUT2D eigenvalue weighted by atomic mass is 10.3. The van der Waals surface area contributed by atoms with E-state index in [2.05, 4.69) is 15.3 Å². The van der Waals surface area contributed by atoms with Crippen LogP contribution in [0.15, 0.2) is 77.9 Å². The van der Waals surface area contributed by atoms with E-state index >= 15 is 0 Å². The zero-order valence-corrected chi connectivity index (χ0v) is 13.4. The molecule has 0 radical (unpaired) electrons. The van der Waals surface area contributed by atoms with E-state index in [9.17, 15) is 4.39 Å². The molecule has 0 saturated carbocycles. The number of aromatic nitrogens is 1. The van der Waals surface area contributed by atoms with Gasteiger partial charge in [0, 0.05) is 18.0 Å². The van der Waals surface area contributed by atoms with Crippen LogP contribution in [0.1, 0.15) is 5.56 Å². The summed E-state index contributed by atoms with van der Waals surface area (Å²) >= 11 is 0. The third-order valence-corrected chi connectivity index (χ3v) is 3.31. The van der Waals surface area contributed by atoms with E-state index in [1.807, 2.05) is 36.4 Å². The molecule has 3 rings (SSSR count). The van der Waals surface area contributed by atoms with Gasteiger partial charge in [0.15, 0.2) is 5.96 Å². The van der Waals surface area contributed by atoms with Crippen molar-refractivity contribution in [1.29, 1.82) is 0 Å². The first-order valence-electron chi connectivity index (χ1n) is 7.69. The molecule has 25 heavy (non-hydrogen) atoms. The normalized spacial score (nSPS) is 11.2. The Morgan fingerprint density at radius 1 is 1.04 bits per heavy atom. The molecule has 0 aliphatic heterocycles. The standard InChI is InChI=1S/C19H17FN4O/c20-15-7-9-17(10-8-15)25-18-11-6-14(12-22-18)13-23-19(21)24-16-4-2-1-3-5-16/h1-12H,13H2,(H3,21,23,24). The number of pyridine rings is 1. The molecule has 6 heteroatoms. The van der Waals surface area contributed by atoms with E-state index in [0.29, 0.717) is 24.1 Å². The van der Waals surface area contributed by atoms with E-state index in [1.165, 1.54) is 12.1 Å². The molecule has 0 amide bonds. The molecule has 0 fully saturated rings. The van der Waals surface area contributed by atoms with Crippen molar-refractivity contribution >= 4 is 11.6 Å². The lowest BCUT2D eigenvalue weighted by Gasteiger charge is -2.06. The van der Waals surface area contributed by atoms with Crippen molar-refractivity contribution < 1.29 is 9.13 Å². The number of hydrogen-bond donors (Lipinski definition) is 2. The number of para-hydroxylation sites is 1. The van der Waals surface area contributed by atoms with Crippen molar-refractivity contribution in [2.75, 3.05) is 5.32 Å². The van der Waals surface area contributed by atoms with Crippen molar-refractivity contribution in [3.8, 4) is 11.6 Å². The summed E-state index contributed by atoms with van der Waals surface area (Å²) in [6.45, 7) is 0.398. The quantitative estimate of drug-likeness (QED) is 0.547. The Hall–Kier alpha value is -3.41. The van der Waals surface area contributed by atoms with Gasteiger partial charge in [-0.05, 0) is 42.0 Å². The summed E-state index contributed by atoms with van der Waals surface area (Å²) in [5.41, 5.74) is 7.63. The van der Waals surface area contributed by atoms with E-state index in [0.717, 1.165) is 11.3 Å². The lowest BCUT2D eigenvalue weighted by molar-refractivity contribution is 0.461. The number of rotatable bonds is 5. The highest BCUT2D eigenvalue weighted by Gasteiger charge is 2.00. The van der Waals surface area contributed by atoms with Crippen molar-refractivity contribution in [1.82, 2.24) is 4.98 Å². The fourth-order valence-electron chi connectivity index (χ4n) is 2.07. The maximum Gasteiger partial charge on any atom is 0.219 e. The molecule has 0 atom stereocenters. The number of halogens is 1. The highest BCUT2D eigenvalue weighted by molar-refractivity contribution is 5.92. The van der Waals surface area contributed by atoms with E-state index in [1.54, 1.807) is 24.4 Å². The van der Waals surface area contributed by atoms with Gasteiger partial charge in [0.25, 0.3) is 0 Å². The fourth-order valence-corrected chi connectivity index (χ4v) is 2.07. The molecule has 0 spiro atoms. The van der Waals surface area contributed by atoms with Crippen LogP contribution in [0, 0.1) is 5.82 Å². The summed E-state index contributed by atoms with van der Waals surface area (Å²) < 4.78 is 18.4. The SMILES string of the molecule is NC(=NCc1ccc(Oc2ccc(F)cc2)nc1)Nc1ccccc1. The van der Waals surface area contributed by atoms with Crippen molar-refractivity contribution in [3.63, 3.8) is 0 Å². The zero-order valence-electron chi connectivity index (χ0n) is 13.4. The lowest BCUT2D eigenvalue weighted by Crippen LogP contribution is -2.22. The van der Waals surface area contributed by atoms with Gasteiger partial charge in [-0.15, -0.1) is 0 Å². The summed E-state index contributed by atoms with van der Waals surface area (Å²) in [7, 11) is 0. The first kappa shape index (κ1) is 16.4. The molecule has 2 aromatic carbocycles. The first-order valence-corrected chi connectivity index (χ1v) is 7.69. The molecule has 3 aromatic rings. The third-order valence-electron chi connectivity index (χ3n) is 3.31. The second kappa shape index (κ2) is 7.92. The first-order chi connectivity index (χ1) is 12.2. The van der Waals surface area contributed by atoms with Crippen molar-refractivity contribution in [3.05, 3.63) is 84.3 Å². The predicted octanol–water partition coefficient (Wildman–Crippen LogP) is 3.94. The molecular formula is C19H17FN4O. The topological polar surface area (TPSA) is 72.5 Å². The second-order valence-electron chi connectivity index (χ2n) is 5.25. The van der Waals surface area contributed by atoms with Gasteiger partial charge in [-0.3, -0.25) is 0 Å². The smallest absolute Gasteiger partial charge is 0.219 e. The van der Waals surface area contributed by atoms with Gasteiger partial charge < -0.3 is 15.8 Å². The molecule has 0 aliphatic carbocycles. The number of aliphatic imine (C=N–C) groups is 1. The van der Waals surface area contributed by atoms with Gasteiger partial charge >= 0.3 is 0 Å². The van der Waals surface area contributed by atoms with Crippen LogP contribution in [0.5, 0.6) is 11.6 Å². The number of benzene rings is 2. The summed E-state index contributed by atoms with van der Waals surface area (Å²) in [6.07, 6.45) is 1.66. The number of guanidine groups is 1. The van der Waals surface area contributed by atoms with Crippen LogP contribution in [0.2, 0.25) is 0 Å². The highest BCUT2D eigenvalue weighted by Crippen LogP contribution is 2.19. The fraction of sp³-hybridized carbons (Fsp3) is 0.0526. The van der Waals surface area contributed by atoms with Gasteiger partial charge in [0.1, 0.15) is 11.6 Å². The van der Waals surface area contributed by atoms with Crippen LogP contribution in [0.25, 0.3) is 0 Å². The Kier molecular flexibility index (Phi) is 5.21. The Bertz CT molecular complexity index is 834. The van der Waals surface area contributed by atoms with E-state index < -0.39 is 0 Å². The van der Waals surface area contributed by atoms with Crippen LogP contribution >= 0.6 is 0 Å². The summed E-state index contributed by atoms with van der Waals surface area (Å²) in [4.78, 5) is 8.49. The maximum absolute atomic E-state index is 12.9. The minimum absolute atomic E-state index is 0.310. The van der Waals surface area contributed by atoms with Crippen molar-refractivity contribution in [2.24, 2.45) is 10.7 Å². The number of hydrogen-bond acceptors (Lipinski definition) is 3. The van der Waals surface area contributed by atoms with Gasteiger partial charge in [0.05, 0.1) is 6.54 Å². The average molecular weight is 336 g/mol. The van der Waals surface area contributed by atoms with Crippen molar-refractivity contribution in [2.45, 2.75) is 6.54 Å². The third kappa shape index (κ3) is 5.04. The Morgan fingerprint density at radius 3 is 2.48 bits per heavy atom. The number of nitrogens with two attached hydrogens (primary N) is 1. The second-order valence-corrected chi connectivity index (χ2v) is 5.25. The zero-order chi connectivity index (χ0) is 17.5. The Morgan fingerprint density at radius 2 is 1.80 bits per heavy atom. The van der Waals surface area contributed by atoms with E-state index in [-0.39, 0.29) is 5.82 Å². The molecule has 0 saturated heterocycles. The van der Waals surface area contributed by atoms with Crippen LogP contribution < -0.4 is 15.8 Å². The molecular weight excluding hydrogens is 319 g/mol. The molecule has 0 aliphatic rings. The highest BCUT2D eigenvalue weighted by atomic mass is 19.1. The average Bonchev–Trinajstić information content (AvgIpc) is 2.64. The predicted molar refractivity (Wildman–Crippen MR) is 96.1 cm³/mol. The van der Waals surface area contributed by atoms with Gasteiger partial charge in [0.2, 0.25) is 5.88 Å². The molecule has 126 valence electrons. The number of anilines is 1. The summed E-state index contributed by atoms with van der Waals surface area (Å²) in [6, 6.07) is 18.9. The monoisotopic (exact) mass is 336 g/mol. The minimum Gasteiger partial charge on any atom is -0.439 e. The number of nitrogens with zero attached hydrogens (tertiary/aromatic N) is 2. The maximum atomic E-state index is 12.9. The number of nitrogens with one attached hydrogen (secondary N) is 1. The summed E-state index contributed by atoms with van der Waals surface area (Å²) in [5.74, 6) is 0.971. The summed E-state index contributed by atoms with van der Waals surface area (Å²) in [5, 5.41) is 3.01. The Balaban J connectivity index is 1.57. The van der Waals surface area contributed by atoms with Gasteiger partial charge in [-0.1, -0.05) is 24.3 Å². The van der Waals surface area contributed by atoms with Gasteiger partial charge in [-0.25, -0.2) is 14.4 Å². The molecule has 5 nitrogen and oxygen atoms in total. The van der Waals surface area contributed by atoms with Crippen LogP contribution in [0.4, 0.5) is 10.1 Å². The largest absolute Gasteiger partial charge is 0.439 e. The molecule has 0 bridgehead atoms. The molecule has 1 heterocycles. The molecule has 3 N–H and O–H groups in total. The number of ether oxygens (including phenoxy) is 1. The minimum atomic E-state index is -0.310. The van der Waals surface area contributed by atoms with Crippen LogP contribution in [-0.4, -0.2) is 10.9 Å². The Labute approximate surface area is 145 Å². The molecule has 0 unspecified atom stereocenters. The molecule has 1 aromatic heterocycles.